The lowest BCUT2D eigenvalue weighted by atomic mass is 9.62. The molecule has 4 rings (SSSR count). The van der Waals surface area contributed by atoms with Crippen molar-refractivity contribution in [1.82, 2.24) is 0 Å². The summed E-state index contributed by atoms with van der Waals surface area (Å²) in [5, 5.41) is 9.30. The number of carbonyl (C=O) groups excluding carboxylic acids is 1. The molecule has 0 aromatic carbocycles. The Morgan fingerprint density at radius 1 is 1.04 bits per heavy atom. The third-order valence-electron chi connectivity index (χ3n) is 7.61. The molecule has 0 radical (unpaired) electrons. The van der Waals surface area contributed by atoms with Crippen molar-refractivity contribution in [1.29, 1.82) is 0 Å². The highest BCUT2D eigenvalue weighted by molar-refractivity contribution is 5.73. The van der Waals surface area contributed by atoms with Crippen LogP contribution in [0.25, 0.3) is 0 Å². The second-order valence-electron chi connectivity index (χ2n) is 8.42. The molecule has 23 heavy (non-hydrogen) atoms. The fraction of sp³-hybridized carbons (Fsp3) is 0.950. The Balaban J connectivity index is 0.000000960. The average molecular weight is 325 g/mol. The maximum absolute atomic E-state index is 12.3. The second-order valence-corrected chi connectivity index (χ2v) is 8.42. The van der Waals surface area contributed by atoms with Crippen LogP contribution < -0.4 is 0 Å². The van der Waals surface area contributed by atoms with Gasteiger partial charge in [-0.3, -0.25) is 4.79 Å². The molecule has 0 spiro atoms. The van der Waals surface area contributed by atoms with E-state index in [1.54, 1.807) is 6.92 Å². The first kappa shape index (κ1) is 18.8. The van der Waals surface area contributed by atoms with E-state index in [-0.39, 0.29) is 33.3 Å². The van der Waals surface area contributed by atoms with Crippen LogP contribution in [0.3, 0.4) is 0 Å². The molecule has 4 bridgehead atoms. The van der Waals surface area contributed by atoms with E-state index in [1.165, 1.54) is 12.8 Å². The minimum Gasteiger partial charge on any atom is -0.463 e. The molecule has 3 nitrogen and oxygen atoms in total. The largest absolute Gasteiger partial charge is 0.463 e. The fourth-order valence-electron chi connectivity index (χ4n) is 6.81. The van der Waals surface area contributed by atoms with Gasteiger partial charge in [-0.25, -0.2) is 0 Å². The van der Waals surface area contributed by atoms with Gasteiger partial charge in [0.05, 0.1) is 12.0 Å². The van der Waals surface area contributed by atoms with Gasteiger partial charge in [0.25, 0.3) is 0 Å². The van der Waals surface area contributed by atoms with Gasteiger partial charge in [0.15, 0.2) is 0 Å². The SMILES string of the molecule is C.C.CC(O)COC(=O)C1CC2CC1C1C3CC(C(C)C3C)C21. The topological polar surface area (TPSA) is 46.5 Å². The maximum atomic E-state index is 12.3. The smallest absolute Gasteiger partial charge is 0.309 e. The first-order chi connectivity index (χ1) is 9.99. The van der Waals surface area contributed by atoms with E-state index in [0.29, 0.717) is 5.92 Å². The summed E-state index contributed by atoms with van der Waals surface area (Å²) < 4.78 is 5.33. The Bertz CT molecular complexity index is 446. The highest BCUT2D eigenvalue weighted by Gasteiger charge is 2.66. The molecule has 1 N–H and O–H groups in total. The van der Waals surface area contributed by atoms with Gasteiger partial charge in [0.2, 0.25) is 0 Å². The molecule has 10 atom stereocenters. The van der Waals surface area contributed by atoms with Gasteiger partial charge in [-0.05, 0) is 73.5 Å². The third kappa shape index (κ3) is 2.54. The summed E-state index contributed by atoms with van der Waals surface area (Å²) in [6, 6.07) is 0. The van der Waals surface area contributed by atoms with Crippen molar-refractivity contribution in [3.05, 3.63) is 0 Å². The van der Waals surface area contributed by atoms with Gasteiger partial charge >= 0.3 is 5.97 Å². The predicted molar refractivity (Wildman–Crippen MR) is 92.7 cm³/mol. The van der Waals surface area contributed by atoms with Crippen molar-refractivity contribution >= 4 is 5.97 Å². The summed E-state index contributed by atoms with van der Waals surface area (Å²) in [4.78, 5) is 12.3. The molecule has 3 heteroatoms. The van der Waals surface area contributed by atoms with Gasteiger partial charge in [-0.2, -0.15) is 0 Å². The van der Waals surface area contributed by atoms with Crippen LogP contribution in [-0.4, -0.2) is 23.8 Å². The van der Waals surface area contributed by atoms with Crippen molar-refractivity contribution in [2.75, 3.05) is 6.61 Å². The van der Waals surface area contributed by atoms with Crippen LogP contribution in [0.2, 0.25) is 0 Å². The van der Waals surface area contributed by atoms with Crippen molar-refractivity contribution in [3.8, 4) is 0 Å². The molecule has 0 heterocycles. The summed E-state index contributed by atoms with van der Waals surface area (Å²) >= 11 is 0. The van der Waals surface area contributed by atoms with E-state index in [9.17, 15) is 9.90 Å². The molecule has 0 amide bonds. The molecule has 4 saturated carbocycles. The Kier molecular flexibility index (Phi) is 5.21. The van der Waals surface area contributed by atoms with Crippen LogP contribution in [-0.2, 0) is 9.53 Å². The highest BCUT2D eigenvalue weighted by atomic mass is 16.5. The van der Waals surface area contributed by atoms with E-state index in [0.717, 1.165) is 47.8 Å². The van der Waals surface area contributed by atoms with Crippen LogP contribution in [0.1, 0.15) is 54.9 Å². The number of aliphatic hydroxyl groups is 1. The minimum absolute atomic E-state index is 0. The first-order valence-corrected chi connectivity index (χ1v) is 8.83. The molecule has 0 aromatic rings. The van der Waals surface area contributed by atoms with Crippen molar-refractivity contribution in [2.24, 2.45) is 53.3 Å². The fourth-order valence-corrected chi connectivity index (χ4v) is 6.81. The van der Waals surface area contributed by atoms with Crippen LogP contribution in [0.5, 0.6) is 0 Å². The van der Waals surface area contributed by atoms with Crippen LogP contribution >= 0.6 is 0 Å². The summed E-state index contributed by atoms with van der Waals surface area (Å²) in [7, 11) is 0. The molecular weight excluding hydrogens is 288 g/mol. The highest BCUT2D eigenvalue weighted by Crippen LogP contribution is 2.71. The zero-order valence-corrected chi connectivity index (χ0v) is 13.4. The Labute approximate surface area is 142 Å². The van der Waals surface area contributed by atoms with E-state index < -0.39 is 6.10 Å². The molecule has 134 valence electrons. The Hall–Kier alpha value is -0.570. The summed E-state index contributed by atoms with van der Waals surface area (Å²) in [5.74, 6) is 6.65. The van der Waals surface area contributed by atoms with Crippen molar-refractivity contribution in [2.45, 2.75) is 61.0 Å². The zero-order chi connectivity index (χ0) is 14.9. The number of hydrogen-bond donors (Lipinski definition) is 1. The van der Waals surface area contributed by atoms with E-state index >= 15 is 0 Å². The lowest BCUT2D eigenvalue weighted by Gasteiger charge is -2.43. The van der Waals surface area contributed by atoms with Gasteiger partial charge in [-0.15, -0.1) is 0 Å². The number of ether oxygens (including phenoxy) is 1. The molecule has 0 aromatic heterocycles. The van der Waals surface area contributed by atoms with Crippen LogP contribution in [0.4, 0.5) is 0 Å². The first-order valence-electron chi connectivity index (χ1n) is 8.83. The molecule has 0 aliphatic heterocycles. The van der Waals surface area contributed by atoms with Gasteiger partial charge in [0.1, 0.15) is 6.61 Å². The van der Waals surface area contributed by atoms with Crippen molar-refractivity contribution in [3.63, 3.8) is 0 Å². The monoisotopic (exact) mass is 324 g/mol. The normalized spacial score (nSPS) is 50.0. The van der Waals surface area contributed by atoms with E-state index in [2.05, 4.69) is 13.8 Å². The summed E-state index contributed by atoms with van der Waals surface area (Å²) in [5.41, 5.74) is 0. The Morgan fingerprint density at radius 3 is 2.26 bits per heavy atom. The number of rotatable bonds is 3. The molecule has 4 fully saturated rings. The third-order valence-corrected chi connectivity index (χ3v) is 7.61. The van der Waals surface area contributed by atoms with E-state index in [4.69, 9.17) is 4.74 Å². The van der Waals surface area contributed by atoms with Crippen molar-refractivity contribution < 1.29 is 14.6 Å². The van der Waals surface area contributed by atoms with E-state index in [1.807, 2.05) is 0 Å². The molecule has 4 aliphatic carbocycles. The zero-order valence-electron chi connectivity index (χ0n) is 13.4. The van der Waals surface area contributed by atoms with Crippen LogP contribution in [0, 0.1) is 53.3 Å². The van der Waals surface area contributed by atoms with Crippen LogP contribution in [0.15, 0.2) is 0 Å². The molecule has 0 saturated heterocycles. The standard InChI is InChI=1S/C18H28O3.2CH4/c1-8(19)7-21-18(20)15-5-11-4-14(15)17-13-6-12(16(11)17)9(2)10(13)3;;/h8-17,19H,4-7H2,1-3H3;2*1H4. The number of aliphatic hydroxyl groups excluding tert-OH is 1. The summed E-state index contributed by atoms with van der Waals surface area (Å²) in [6.07, 6.45) is 3.18. The number of esters is 1. The average Bonchev–Trinajstić information content (AvgIpc) is 3.15. The molecular formula is C20H36O3. The van der Waals surface area contributed by atoms with Gasteiger partial charge in [0, 0.05) is 0 Å². The summed E-state index contributed by atoms with van der Waals surface area (Å²) in [6.45, 7) is 6.70. The number of carbonyl (C=O) groups is 1. The number of fused-ring (bicyclic) bond motifs is 9. The number of hydrogen-bond acceptors (Lipinski definition) is 3. The maximum Gasteiger partial charge on any atom is 0.309 e. The molecule has 4 aliphatic rings. The van der Waals surface area contributed by atoms with Gasteiger partial charge < -0.3 is 9.84 Å². The quantitative estimate of drug-likeness (QED) is 0.630. The molecule has 10 unspecified atom stereocenters. The minimum atomic E-state index is -0.552. The lowest BCUT2D eigenvalue weighted by molar-refractivity contribution is -0.155. The Morgan fingerprint density at radius 2 is 1.65 bits per heavy atom. The lowest BCUT2D eigenvalue weighted by Crippen LogP contribution is -2.41. The predicted octanol–water partition coefficient (Wildman–Crippen LogP) is 3.99. The van der Waals surface area contributed by atoms with Gasteiger partial charge in [-0.1, -0.05) is 28.7 Å². The second kappa shape index (κ2) is 6.38.